The Morgan fingerprint density at radius 1 is 1.37 bits per heavy atom. The Kier molecular flexibility index (Phi) is 3.06. The van der Waals surface area contributed by atoms with E-state index in [0.717, 1.165) is 42.7 Å². The Balaban J connectivity index is 1.82. The van der Waals surface area contributed by atoms with Crippen LogP contribution >= 0.6 is 0 Å². The fourth-order valence-electron chi connectivity index (χ4n) is 2.38. The summed E-state index contributed by atoms with van der Waals surface area (Å²) < 4.78 is 5.29. The van der Waals surface area contributed by atoms with Gasteiger partial charge in [-0.2, -0.15) is 0 Å². The highest BCUT2D eigenvalue weighted by Gasteiger charge is 2.23. The Labute approximate surface area is 110 Å². The predicted molar refractivity (Wildman–Crippen MR) is 69.0 cm³/mol. The lowest BCUT2D eigenvalue weighted by molar-refractivity contribution is 0.101. The van der Waals surface area contributed by atoms with Gasteiger partial charge in [0, 0.05) is 23.9 Å². The summed E-state index contributed by atoms with van der Waals surface area (Å²) in [7, 11) is 0. The lowest BCUT2D eigenvalue weighted by Gasteiger charge is -2.01. The topological polar surface area (TPSA) is 83.8 Å². The molecule has 0 atom stereocenters. The van der Waals surface area contributed by atoms with Gasteiger partial charge in [-0.15, -0.1) is 0 Å². The number of rotatable bonds is 2. The smallest absolute Gasteiger partial charge is 0.280 e. The summed E-state index contributed by atoms with van der Waals surface area (Å²) in [5, 5.41) is 6.62. The SMILES string of the molecule is Cc1cnc(NC(=O)c2noc3c2CCCCC3)[nH]1. The summed E-state index contributed by atoms with van der Waals surface area (Å²) in [5.41, 5.74) is 2.25. The van der Waals surface area contributed by atoms with Crippen LogP contribution in [0.1, 0.15) is 46.8 Å². The molecule has 6 heteroatoms. The highest BCUT2D eigenvalue weighted by Crippen LogP contribution is 2.24. The first-order valence-corrected chi connectivity index (χ1v) is 6.54. The highest BCUT2D eigenvalue weighted by atomic mass is 16.5. The van der Waals surface area contributed by atoms with E-state index in [1.165, 1.54) is 6.42 Å². The summed E-state index contributed by atoms with van der Waals surface area (Å²) in [5.74, 6) is 1.03. The molecule has 100 valence electrons. The lowest BCUT2D eigenvalue weighted by Crippen LogP contribution is -2.15. The van der Waals surface area contributed by atoms with Crippen molar-refractivity contribution < 1.29 is 9.32 Å². The van der Waals surface area contributed by atoms with Gasteiger partial charge in [0.1, 0.15) is 5.76 Å². The van der Waals surface area contributed by atoms with Gasteiger partial charge in [0.15, 0.2) is 5.69 Å². The number of hydrogen-bond donors (Lipinski definition) is 2. The lowest BCUT2D eigenvalue weighted by atomic mass is 10.1. The van der Waals surface area contributed by atoms with E-state index in [9.17, 15) is 4.79 Å². The minimum absolute atomic E-state index is 0.263. The number of aryl methyl sites for hydroxylation is 2. The molecule has 0 spiro atoms. The Morgan fingerprint density at radius 2 is 2.21 bits per heavy atom. The number of aromatic amines is 1. The number of carbonyl (C=O) groups is 1. The molecule has 0 aromatic carbocycles. The molecular weight excluding hydrogens is 244 g/mol. The van der Waals surface area contributed by atoms with Crippen molar-refractivity contribution in [3.63, 3.8) is 0 Å². The Morgan fingerprint density at radius 3 is 3.00 bits per heavy atom. The number of carbonyl (C=O) groups excluding carboxylic acids is 1. The molecule has 2 aromatic rings. The van der Waals surface area contributed by atoms with Crippen molar-refractivity contribution in [1.82, 2.24) is 15.1 Å². The Hall–Kier alpha value is -2.11. The molecule has 0 saturated heterocycles. The van der Waals surface area contributed by atoms with Crippen LogP contribution in [0, 0.1) is 6.92 Å². The largest absolute Gasteiger partial charge is 0.360 e. The van der Waals surface area contributed by atoms with Gasteiger partial charge in [0.25, 0.3) is 5.91 Å². The second-order valence-electron chi connectivity index (χ2n) is 4.86. The van der Waals surface area contributed by atoms with Gasteiger partial charge in [-0.05, 0) is 26.2 Å². The van der Waals surface area contributed by atoms with Crippen molar-refractivity contribution in [3.05, 3.63) is 28.9 Å². The summed E-state index contributed by atoms with van der Waals surface area (Å²) in [6.07, 6.45) is 6.74. The molecule has 1 aliphatic carbocycles. The van der Waals surface area contributed by atoms with Gasteiger partial charge in [0.2, 0.25) is 5.95 Å². The fraction of sp³-hybridized carbons (Fsp3) is 0.462. The van der Waals surface area contributed by atoms with Crippen LogP contribution in [0.3, 0.4) is 0 Å². The van der Waals surface area contributed by atoms with E-state index in [4.69, 9.17) is 4.52 Å². The molecule has 2 heterocycles. The molecule has 0 fully saturated rings. The molecule has 2 N–H and O–H groups in total. The number of amides is 1. The van der Waals surface area contributed by atoms with E-state index in [1.807, 2.05) is 6.92 Å². The first-order chi connectivity index (χ1) is 9.24. The average Bonchev–Trinajstić information content (AvgIpc) is 2.90. The van der Waals surface area contributed by atoms with Crippen LogP contribution < -0.4 is 5.32 Å². The van der Waals surface area contributed by atoms with Gasteiger partial charge in [-0.3, -0.25) is 10.1 Å². The summed E-state index contributed by atoms with van der Waals surface area (Å²) in [6.45, 7) is 1.88. The number of nitrogens with one attached hydrogen (secondary N) is 2. The molecule has 1 aliphatic rings. The molecule has 19 heavy (non-hydrogen) atoms. The van der Waals surface area contributed by atoms with E-state index in [0.29, 0.717) is 11.6 Å². The zero-order valence-corrected chi connectivity index (χ0v) is 10.8. The van der Waals surface area contributed by atoms with E-state index >= 15 is 0 Å². The first-order valence-electron chi connectivity index (χ1n) is 6.54. The van der Waals surface area contributed by atoms with Gasteiger partial charge in [-0.25, -0.2) is 4.98 Å². The highest BCUT2D eigenvalue weighted by molar-refractivity contribution is 6.03. The second-order valence-corrected chi connectivity index (χ2v) is 4.86. The van der Waals surface area contributed by atoms with E-state index in [2.05, 4.69) is 20.4 Å². The maximum atomic E-state index is 12.2. The summed E-state index contributed by atoms with van der Waals surface area (Å²) in [6, 6.07) is 0. The standard InChI is InChI=1S/C13H16N4O2/c1-8-7-14-13(15-8)16-12(18)11-9-5-3-2-4-6-10(9)19-17-11/h7H,2-6H2,1H3,(H2,14,15,16,18). The molecule has 0 bridgehead atoms. The third-order valence-corrected chi connectivity index (χ3v) is 3.35. The summed E-state index contributed by atoms with van der Waals surface area (Å²) >= 11 is 0. The quantitative estimate of drug-likeness (QED) is 0.811. The minimum atomic E-state index is -0.263. The third-order valence-electron chi connectivity index (χ3n) is 3.35. The van der Waals surface area contributed by atoms with Crippen molar-refractivity contribution in [2.45, 2.75) is 39.0 Å². The molecule has 0 saturated carbocycles. The van der Waals surface area contributed by atoms with Crippen LogP contribution in [0.5, 0.6) is 0 Å². The molecular formula is C13H16N4O2. The fourth-order valence-corrected chi connectivity index (χ4v) is 2.38. The van der Waals surface area contributed by atoms with Gasteiger partial charge in [0.05, 0.1) is 0 Å². The van der Waals surface area contributed by atoms with Gasteiger partial charge in [-0.1, -0.05) is 11.6 Å². The van der Waals surface area contributed by atoms with E-state index in [-0.39, 0.29) is 5.91 Å². The van der Waals surface area contributed by atoms with Crippen LogP contribution in [0.15, 0.2) is 10.7 Å². The molecule has 0 unspecified atom stereocenters. The zero-order chi connectivity index (χ0) is 13.2. The first kappa shape index (κ1) is 12.0. The molecule has 0 aliphatic heterocycles. The number of anilines is 1. The molecule has 2 aromatic heterocycles. The molecule has 6 nitrogen and oxygen atoms in total. The Bertz CT molecular complexity index is 600. The van der Waals surface area contributed by atoms with Crippen LogP contribution in [-0.4, -0.2) is 21.0 Å². The van der Waals surface area contributed by atoms with Crippen LogP contribution in [0.25, 0.3) is 0 Å². The number of H-pyrrole nitrogens is 1. The molecule has 0 radical (unpaired) electrons. The van der Waals surface area contributed by atoms with Crippen molar-refractivity contribution in [2.24, 2.45) is 0 Å². The predicted octanol–water partition coefficient (Wildman–Crippen LogP) is 2.23. The van der Waals surface area contributed by atoms with Crippen LogP contribution in [-0.2, 0) is 12.8 Å². The number of fused-ring (bicyclic) bond motifs is 1. The van der Waals surface area contributed by atoms with Crippen molar-refractivity contribution in [3.8, 4) is 0 Å². The van der Waals surface area contributed by atoms with Crippen LogP contribution in [0.4, 0.5) is 5.95 Å². The van der Waals surface area contributed by atoms with Gasteiger partial charge < -0.3 is 9.51 Å². The second kappa shape index (κ2) is 4.87. The van der Waals surface area contributed by atoms with Gasteiger partial charge >= 0.3 is 0 Å². The number of nitrogens with zero attached hydrogens (tertiary/aromatic N) is 2. The normalized spacial score (nSPS) is 14.8. The monoisotopic (exact) mass is 260 g/mol. The average molecular weight is 260 g/mol. The zero-order valence-electron chi connectivity index (χ0n) is 10.8. The third kappa shape index (κ3) is 2.38. The maximum absolute atomic E-state index is 12.2. The van der Waals surface area contributed by atoms with E-state index < -0.39 is 0 Å². The molecule has 3 rings (SSSR count). The van der Waals surface area contributed by atoms with Crippen LogP contribution in [0.2, 0.25) is 0 Å². The summed E-state index contributed by atoms with van der Waals surface area (Å²) in [4.78, 5) is 19.2. The maximum Gasteiger partial charge on any atom is 0.280 e. The number of aromatic nitrogens is 3. The number of hydrogen-bond acceptors (Lipinski definition) is 4. The minimum Gasteiger partial charge on any atom is -0.360 e. The number of imidazole rings is 1. The van der Waals surface area contributed by atoms with Crippen molar-refractivity contribution in [1.29, 1.82) is 0 Å². The molecule has 1 amide bonds. The van der Waals surface area contributed by atoms with E-state index in [1.54, 1.807) is 6.20 Å². The van der Waals surface area contributed by atoms with Crippen molar-refractivity contribution >= 4 is 11.9 Å². The van der Waals surface area contributed by atoms with Crippen molar-refractivity contribution in [2.75, 3.05) is 5.32 Å².